The Morgan fingerprint density at radius 1 is 1.07 bits per heavy atom. The molecule has 2 aromatic heterocycles. The van der Waals surface area contributed by atoms with Gasteiger partial charge in [0.15, 0.2) is 0 Å². The molecular formula is C23H28N4O. The summed E-state index contributed by atoms with van der Waals surface area (Å²) in [6.07, 6.45) is 7.45. The minimum atomic E-state index is 0.492. The SMILES string of the molecule is Cc1cc(CNCc2cnc3n2CCCC3)cc(C)c1OCc1ccccn1. The van der Waals surface area contributed by atoms with E-state index >= 15 is 0 Å². The van der Waals surface area contributed by atoms with Gasteiger partial charge in [-0.15, -0.1) is 0 Å². The van der Waals surface area contributed by atoms with Crippen LogP contribution in [0.3, 0.4) is 0 Å². The first-order valence-corrected chi connectivity index (χ1v) is 10.1. The molecule has 146 valence electrons. The maximum atomic E-state index is 6.04. The molecule has 5 nitrogen and oxygen atoms in total. The molecule has 0 bridgehead atoms. The molecule has 0 unspecified atom stereocenters. The number of nitrogens with one attached hydrogen (secondary N) is 1. The van der Waals surface area contributed by atoms with Crippen LogP contribution in [0.2, 0.25) is 0 Å². The number of hydrogen-bond acceptors (Lipinski definition) is 4. The van der Waals surface area contributed by atoms with E-state index in [0.29, 0.717) is 6.61 Å². The minimum Gasteiger partial charge on any atom is -0.487 e. The first kappa shape index (κ1) is 18.7. The van der Waals surface area contributed by atoms with Crippen LogP contribution in [0.4, 0.5) is 0 Å². The molecule has 0 saturated heterocycles. The van der Waals surface area contributed by atoms with Crippen molar-refractivity contribution in [2.24, 2.45) is 0 Å². The van der Waals surface area contributed by atoms with Crippen molar-refractivity contribution in [1.82, 2.24) is 19.9 Å². The van der Waals surface area contributed by atoms with E-state index in [9.17, 15) is 0 Å². The molecule has 0 atom stereocenters. The van der Waals surface area contributed by atoms with Crippen molar-refractivity contribution in [2.75, 3.05) is 0 Å². The fraction of sp³-hybridized carbons (Fsp3) is 0.391. The summed E-state index contributed by atoms with van der Waals surface area (Å²) in [6, 6.07) is 10.3. The number of rotatable bonds is 7. The first-order chi connectivity index (χ1) is 13.7. The highest BCUT2D eigenvalue weighted by Crippen LogP contribution is 2.26. The van der Waals surface area contributed by atoms with Crippen LogP contribution >= 0.6 is 0 Å². The number of aryl methyl sites for hydroxylation is 3. The monoisotopic (exact) mass is 376 g/mol. The maximum absolute atomic E-state index is 6.04. The smallest absolute Gasteiger partial charge is 0.130 e. The third kappa shape index (κ3) is 4.25. The van der Waals surface area contributed by atoms with E-state index in [4.69, 9.17) is 4.74 Å². The molecule has 5 heteroatoms. The fourth-order valence-electron chi connectivity index (χ4n) is 3.95. The van der Waals surface area contributed by atoms with Crippen LogP contribution in [-0.2, 0) is 32.7 Å². The predicted octanol–water partition coefficient (Wildman–Crippen LogP) is 4.10. The van der Waals surface area contributed by atoms with E-state index in [1.165, 1.54) is 29.9 Å². The van der Waals surface area contributed by atoms with Crippen LogP contribution in [0.5, 0.6) is 5.75 Å². The lowest BCUT2D eigenvalue weighted by Gasteiger charge is -2.17. The van der Waals surface area contributed by atoms with E-state index in [2.05, 4.69) is 45.8 Å². The van der Waals surface area contributed by atoms with Gasteiger partial charge in [-0.1, -0.05) is 18.2 Å². The van der Waals surface area contributed by atoms with E-state index in [0.717, 1.165) is 48.6 Å². The van der Waals surface area contributed by atoms with Gasteiger partial charge in [0.1, 0.15) is 18.2 Å². The number of aromatic nitrogens is 3. The zero-order chi connectivity index (χ0) is 19.3. The normalized spacial score (nSPS) is 13.4. The van der Waals surface area contributed by atoms with Gasteiger partial charge in [0.2, 0.25) is 0 Å². The van der Waals surface area contributed by atoms with Gasteiger partial charge < -0.3 is 14.6 Å². The molecule has 0 aliphatic carbocycles. The Morgan fingerprint density at radius 2 is 1.93 bits per heavy atom. The summed E-state index contributed by atoms with van der Waals surface area (Å²) in [4.78, 5) is 8.89. The molecule has 1 aliphatic rings. The van der Waals surface area contributed by atoms with Crippen molar-refractivity contribution in [2.45, 2.75) is 59.4 Å². The number of nitrogens with zero attached hydrogens (tertiary/aromatic N) is 3. The lowest BCUT2D eigenvalue weighted by atomic mass is 10.1. The number of hydrogen-bond donors (Lipinski definition) is 1. The zero-order valence-electron chi connectivity index (χ0n) is 16.7. The van der Waals surface area contributed by atoms with Crippen molar-refractivity contribution >= 4 is 0 Å². The Balaban J connectivity index is 1.36. The molecule has 4 rings (SSSR count). The zero-order valence-corrected chi connectivity index (χ0v) is 16.7. The van der Waals surface area contributed by atoms with Crippen LogP contribution in [-0.4, -0.2) is 14.5 Å². The average Bonchev–Trinajstić information content (AvgIpc) is 3.11. The summed E-state index contributed by atoms with van der Waals surface area (Å²) in [5.41, 5.74) is 5.83. The standard InChI is InChI=1S/C23H28N4O/c1-17-11-19(12-18(2)23(17)28-16-20-7-3-5-9-25-20)13-24-14-21-15-26-22-8-4-6-10-27(21)22/h3,5,7,9,11-12,15,24H,4,6,8,10,13-14,16H2,1-2H3. The van der Waals surface area contributed by atoms with Crippen molar-refractivity contribution in [1.29, 1.82) is 0 Å². The molecule has 3 aromatic rings. The summed E-state index contributed by atoms with van der Waals surface area (Å²) in [6.45, 7) is 7.50. The summed E-state index contributed by atoms with van der Waals surface area (Å²) in [5, 5.41) is 3.57. The average molecular weight is 377 g/mol. The topological polar surface area (TPSA) is 52.0 Å². The molecule has 28 heavy (non-hydrogen) atoms. The van der Waals surface area contributed by atoms with Crippen LogP contribution in [0.1, 0.15) is 46.7 Å². The van der Waals surface area contributed by atoms with E-state index in [1.807, 2.05) is 24.4 Å². The number of benzene rings is 1. The predicted molar refractivity (Wildman–Crippen MR) is 110 cm³/mol. The van der Waals surface area contributed by atoms with Gasteiger partial charge in [0.05, 0.1) is 11.4 Å². The second kappa shape index (κ2) is 8.57. The summed E-state index contributed by atoms with van der Waals surface area (Å²) >= 11 is 0. The highest BCUT2D eigenvalue weighted by atomic mass is 16.5. The lowest BCUT2D eigenvalue weighted by Crippen LogP contribution is -2.19. The van der Waals surface area contributed by atoms with Crippen molar-refractivity contribution in [3.05, 3.63) is 76.6 Å². The van der Waals surface area contributed by atoms with Gasteiger partial charge in [-0.3, -0.25) is 4.98 Å². The largest absolute Gasteiger partial charge is 0.487 e. The van der Waals surface area contributed by atoms with E-state index in [-0.39, 0.29) is 0 Å². The van der Waals surface area contributed by atoms with Crippen LogP contribution in [0, 0.1) is 13.8 Å². The Labute approximate surface area is 166 Å². The van der Waals surface area contributed by atoms with Crippen molar-refractivity contribution in [3.8, 4) is 5.75 Å². The molecule has 0 spiro atoms. The molecule has 1 aliphatic heterocycles. The van der Waals surface area contributed by atoms with Crippen LogP contribution in [0.15, 0.2) is 42.7 Å². The quantitative estimate of drug-likeness (QED) is 0.674. The van der Waals surface area contributed by atoms with Crippen molar-refractivity contribution < 1.29 is 4.74 Å². The molecule has 3 heterocycles. The Morgan fingerprint density at radius 3 is 2.71 bits per heavy atom. The Bertz CT molecular complexity index is 910. The van der Waals surface area contributed by atoms with Crippen molar-refractivity contribution in [3.63, 3.8) is 0 Å². The lowest BCUT2D eigenvalue weighted by molar-refractivity contribution is 0.297. The molecular weight excluding hydrogens is 348 g/mol. The van der Waals surface area contributed by atoms with Gasteiger partial charge >= 0.3 is 0 Å². The fourth-order valence-corrected chi connectivity index (χ4v) is 3.95. The van der Waals surface area contributed by atoms with Gasteiger partial charge in [0, 0.05) is 38.4 Å². The second-order valence-electron chi connectivity index (χ2n) is 7.55. The molecule has 0 radical (unpaired) electrons. The highest BCUT2D eigenvalue weighted by Gasteiger charge is 2.13. The number of ether oxygens (including phenoxy) is 1. The molecule has 0 amide bonds. The number of fused-ring (bicyclic) bond motifs is 1. The van der Waals surface area contributed by atoms with Gasteiger partial charge in [-0.05, 0) is 55.5 Å². The Kier molecular flexibility index (Phi) is 5.72. The Hall–Kier alpha value is -2.66. The molecule has 1 aromatic carbocycles. The number of pyridine rings is 1. The van der Waals surface area contributed by atoms with E-state index in [1.54, 1.807) is 6.20 Å². The number of imidazole rings is 1. The molecule has 0 saturated carbocycles. The highest BCUT2D eigenvalue weighted by molar-refractivity contribution is 5.43. The molecule has 1 N–H and O–H groups in total. The minimum absolute atomic E-state index is 0.492. The van der Waals surface area contributed by atoms with Gasteiger partial charge in [-0.25, -0.2) is 4.98 Å². The van der Waals surface area contributed by atoms with Crippen LogP contribution in [0.25, 0.3) is 0 Å². The summed E-state index contributed by atoms with van der Waals surface area (Å²) in [5.74, 6) is 2.20. The third-order valence-electron chi connectivity index (χ3n) is 5.30. The summed E-state index contributed by atoms with van der Waals surface area (Å²) < 4.78 is 8.42. The maximum Gasteiger partial charge on any atom is 0.130 e. The van der Waals surface area contributed by atoms with Gasteiger partial charge in [-0.2, -0.15) is 0 Å². The second-order valence-corrected chi connectivity index (χ2v) is 7.55. The molecule has 0 fully saturated rings. The third-order valence-corrected chi connectivity index (χ3v) is 5.30. The van der Waals surface area contributed by atoms with E-state index < -0.39 is 0 Å². The van der Waals surface area contributed by atoms with Crippen LogP contribution < -0.4 is 10.1 Å². The van der Waals surface area contributed by atoms with Gasteiger partial charge in [0.25, 0.3) is 0 Å². The first-order valence-electron chi connectivity index (χ1n) is 10.1. The summed E-state index contributed by atoms with van der Waals surface area (Å²) in [7, 11) is 0.